The number of thioether (sulfide) groups is 1. The van der Waals surface area contributed by atoms with E-state index in [9.17, 15) is 4.79 Å². The molecule has 0 atom stereocenters. The number of hydrogen-bond donors (Lipinski definition) is 2. The quantitative estimate of drug-likeness (QED) is 0.783. The SMILES string of the molecule is Nc1ccc(SCC(=O)N2CCCNCC2)cn1. The lowest BCUT2D eigenvalue weighted by molar-refractivity contribution is -0.128. The molecule has 98 valence electrons. The third kappa shape index (κ3) is 3.89. The summed E-state index contributed by atoms with van der Waals surface area (Å²) in [6.07, 6.45) is 2.73. The van der Waals surface area contributed by atoms with Crippen molar-refractivity contribution < 1.29 is 4.79 Å². The van der Waals surface area contributed by atoms with Crippen LogP contribution in [0.5, 0.6) is 0 Å². The van der Waals surface area contributed by atoms with Gasteiger partial charge in [-0.05, 0) is 25.1 Å². The van der Waals surface area contributed by atoms with Crippen LogP contribution >= 0.6 is 11.8 Å². The van der Waals surface area contributed by atoms with Crippen LogP contribution in [0, 0.1) is 0 Å². The number of amides is 1. The number of nitrogens with two attached hydrogens (primary N) is 1. The maximum absolute atomic E-state index is 12.0. The highest BCUT2D eigenvalue weighted by molar-refractivity contribution is 8.00. The molecule has 1 aromatic heterocycles. The molecule has 0 bridgehead atoms. The maximum Gasteiger partial charge on any atom is 0.232 e. The second-order valence-corrected chi connectivity index (χ2v) is 5.24. The number of pyridine rings is 1. The van der Waals surface area contributed by atoms with Crippen LogP contribution in [0.4, 0.5) is 5.82 Å². The van der Waals surface area contributed by atoms with E-state index in [2.05, 4.69) is 10.3 Å². The zero-order valence-corrected chi connectivity index (χ0v) is 11.1. The van der Waals surface area contributed by atoms with Gasteiger partial charge in [-0.15, -0.1) is 11.8 Å². The molecule has 1 aliphatic rings. The number of carbonyl (C=O) groups is 1. The van der Waals surface area contributed by atoms with Gasteiger partial charge >= 0.3 is 0 Å². The van der Waals surface area contributed by atoms with Crippen molar-refractivity contribution in [1.82, 2.24) is 15.2 Å². The van der Waals surface area contributed by atoms with Gasteiger partial charge in [-0.1, -0.05) is 0 Å². The highest BCUT2D eigenvalue weighted by Gasteiger charge is 2.15. The first-order valence-corrected chi connectivity index (χ1v) is 7.07. The Bertz CT molecular complexity index is 388. The molecule has 18 heavy (non-hydrogen) atoms. The fourth-order valence-electron chi connectivity index (χ4n) is 1.81. The summed E-state index contributed by atoms with van der Waals surface area (Å²) in [4.78, 5) is 18.9. The summed E-state index contributed by atoms with van der Waals surface area (Å²) in [5.41, 5.74) is 5.51. The molecule has 0 radical (unpaired) electrons. The number of anilines is 1. The predicted octanol–water partition coefficient (Wildman–Crippen LogP) is 0.578. The lowest BCUT2D eigenvalue weighted by Gasteiger charge is -2.19. The number of nitrogens with one attached hydrogen (secondary N) is 1. The molecule has 2 heterocycles. The molecule has 0 aliphatic carbocycles. The number of carbonyl (C=O) groups excluding carboxylic acids is 1. The number of rotatable bonds is 3. The first-order valence-electron chi connectivity index (χ1n) is 6.08. The first kappa shape index (κ1) is 13.2. The van der Waals surface area contributed by atoms with Gasteiger partial charge in [0.2, 0.25) is 5.91 Å². The first-order chi connectivity index (χ1) is 8.75. The van der Waals surface area contributed by atoms with Gasteiger partial charge in [-0.2, -0.15) is 0 Å². The summed E-state index contributed by atoms with van der Waals surface area (Å²) in [6, 6.07) is 3.65. The standard InChI is InChI=1S/C12H18N4OS/c13-11-3-2-10(8-15-11)18-9-12(17)16-6-1-4-14-5-7-16/h2-3,8,14H,1,4-7,9H2,(H2,13,15). The molecular weight excluding hydrogens is 248 g/mol. The Morgan fingerprint density at radius 1 is 1.44 bits per heavy atom. The number of hydrogen-bond acceptors (Lipinski definition) is 5. The fourth-order valence-corrected chi connectivity index (χ4v) is 2.57. The lowest BCUT2D eigenvalue weighted by atomic mass is 10.4. The summed E-state index contributed by atoms with van der Waals surface area (Å²) >= 11 is 1.51. The van der Waals surface area contributed by atoms with Gasteiger partial charge in [0, 0.05) is 30.7 Å². The minimum atomic E-state index is 0.195. The van der Waals surface area contributed by atoms with E-state index in [1.165, 1.54) is 11.8 Å². The molecule has 0 saturated carbocycles. The van der Waals surface area contributed by atoms with E-state index in [0.717, 1.165) is 37.5 Å². The van der Waals surface area contributed by atoms with Crippen molar-refractivity contribution in [2.45, 2.75) is 11.3 Å². The van der Waals surface area contributed by atoms with Crippen molar-refractivity contribution in [2.75, 3.05) is 37.7 Å². The zero-order chi connectivity index (χ0) is 12.8. The Labute approximate surface area is 111 Å². The topological polar surface area (TPSA) is 71.2 Å². The molecule has 5 nitrogen and oxygen atoms in total. The van der Waals surface area contributed by atoms with Crippen LogP contribution < -0.4 is 11.1 Å². The summed E-state index contributed by atoms with van der Waals surface area (Å²) in [7, 11) is 0. The molecule has 3 N–H and O–H groups in total. The molecule has 1 fully saturated rings. The van der Waals surface area contributed by atoms with Crippen molar-refractivity contribution in [2.24, 2.45) is 0 Å². The van der Waals surface area contributed by atoms with Crippen LogP contribution in [0.3, 0.4) is 0 Å². The second-order valence-electron chi connectivity index (χ2n) is 4.19. The van der Waals surface area contributed by atoms with Gasteiger partial charge in [-0.3, -0.25) is 4.79 Å². The van der Waals surface area contributed by atoms with Crippen LogP contribution in [-0.2, 0) is 4.79 Å². The summed E-state index contributed by atoms with van der Waals surface area (Å²) in [5.74, 6) is 1.16. The average molecular weight is 266 g/mol. The number of nitrogens with zero attached hydrogens (tertiary/aromatic N) is 2. The van der Waals surface area contributed by atoms with E-state index in [-0.39, 0.29) is 5.91 Å². The summed E-state index contributed by atoms with van der Waals surface area (Å²) in [6.45, 7) is 3.55. The molecule has 1 saturated heterocycles. The zero-order valence-electron chi connectivity index (χ0n) is 10.3. The Morgan fingerprint density at radius 2 is 2.33 bits per heavy atom. The van der Waals surface area contributed by atoms with Crippen molar-refractivity contribution in [1.29, 1.82) is 0 Å². The molecule has 0 aromatic carbocycles. The monoisotopic (exact) mass is 266 g/mol. The van der Waals surface area contributed by atoms with Crippen molar-refractivity contribution in [3.05, 3.63) is 18.3 Å². The third-order valence-corrected chi connectivity index (χ3v) is 3.78. The molecule has 6 heteroatoms. The Balaban J connectivity index is 1.81. The second kappa shape index (κ2) is 6.61. The minimum Gasteiger partial charge on any atom is -0.384 e. The molecule has 1 amide bonds. The lowest BCUT2D eigenvalue weighted by Crippen LogP contribution is -2.35. The van der Waals surface area contributed by atoms with Crippen LogP contribution in [-0.4, -0.2) is 47.7 Å². The highest BCUT2D eigenvalue weighted by atomic mass is 32.2. The molecule has 0 spiro atoms. The van der Waals surface area contributed by atoms with E-state index >= 15 is 0 Å². The Morgan fingerprint density at radius 3 is 3.11 bits per heavy atom. The van der Waals surface area contributed by atoms with Crippen LogP contribution in [0.1, 0.15) is 6.42 Å². The average Bonchev–Trinajstić information content (AvgIpc) is 2.66. The van der Waals surface area contributed by atoms with Crippen molar-refractivity contribution in [3.63, 3.8) is 0 Å². The van der Waals surface area contributed by atoms with E-state index in [0.29, 0.717) is 11.6 Å². The number of nitrogen functional groups attached to an aromatic ring is 1. The van der Waals surface area contributed by atoms with Crippen LogP contribution in [0.2, 0.25) is 0 Å². The highest BCUT2D eigenvalue weighted by Crippen LogP contribution is 2.18. The molecule has 1 aromatic rings. The van der Waals surface area contributed by atoms with E-state index in [1.54, 1.807) is 12.3 Å². The van der Waals surface area contributed by atoms with Crippen molar-refractivity contribution in [3.8, 4) is 0 Å². The van der Waals surface area contributed by atoms with Crippen LogP contribution in [0.15, 0.2) is 23.2 Å². The Kier molecular flexibility index (Phi) is 4.83. The normalized spacial score (nSPS) is 16.3. The third-order valence-electron chi connectivity index (χ3n) is 2.81. The molecular formula is C12H18N4OS. The summed E-state index contributed by atoms with van der Waals surface area (Å²) < 4.78 is 0. The van der Waals surface area contributed by atoms with Gasteiger partial charge in [0.25, 0.3) is 0 Å². The summed E-state index contributed by atoms with van der Waals surface area (Å²) in [5, 5.41) is 3.29. The fraction of sp³-hybridized carbons (Fsp3) is 0.500. The van der Waals surface area contributed by atoms with Crippen LogP contribution in [0.25, 0.3) is 0 Å². The largest absolute Gasteiger partial charge is 0.384 e. The van der Waals surface area contributed by atoms with Gasteiger partial charge in [-0.25, -0.2) is 4.98 Å². The molecule has 2 rings (SSSR count). The minimum absolute atomic E-state index is 0.195. The molecule has 1 aliphatic heterocycles. The van der Waals surface area contributed by atoms with E-state index in [4.69, 9.17) is 5.73 Å². The Hall–Kier alpha value is -1.27. The van der Waals surface area contributed by atoms with Crippen molar-refractivity contribution >= 4 is 23.5 Å². The van der Waals surface area contributed by atoms with Gasteiger partial charge < -0.3 is 16.0 Å². The van der Waals surface area contributed by atoms with E-state index in [1.807, 2.05) is 11.0 Å². The molecule has 0 unspecified atom stereocenters. The maximum atomic E-state index is 12.0. The smallest absolute Gasteiger partial charge is 0.232 e. The van der Waals surface area contributed by atoms with Gasteiger partial charge in [0.1, 0.15) is 5.82 Å². The van der Waals surface area contributed by atoms with E-state index < -0.39 is 0 Å². The number of aromatic nitrogens is 1. The predicted molar refractivity (Wildman–Crippen MR) is 73.4 cm³/mol. The van der Waals surface area contributed by atoms with Gasteiger partial charge in [0.05, 0.1) is 5.75 Å². The van der Waals surface area contributed by atoms with Gasteiger partial charge in [0.15, 0.2) is 0 Å².